The maximum absolute atomic E-state index is 13.9. The van der Waals surface area contributed by atoms with Gasteiger partial charge in [-0.2, -0.15) is 0 Å². The van der Waals surface area contributed by atoms with E-state index in [2.05, 4.69) is 5.32 Å². The lowest BCUT2D eigenvalue weighted by atomic mass is 10.1. The van der Waals surface area contributed by atoms with E-state index < -0.39 is 28.5 Å². The van der Waals surface area contributed by atoms with Crippen LogP contribution in [-0.2, 0) is 26.2 Å². The van der Waals surface area contributed by atoms with Gasteiger partial charge in [-0.05, 0) is 86.8 Å². The average molecular weight is 591 g/mol. The largest absolute Gasteiger partial charge is 0.352 e. The van der Waals surface area contributed by atoms with E-state index >= 15 is 0 Å². The molecule has 0 radical (unpaired) electrons. The number of rotatable bonds is 11. The van der Waals surface area contributed by atoms with E-state index in [9.17, 15) is 18.0 Å². The van der Waals surface area contributed by atoms with Crippen LogP contribution in [0.4, 0.5) is 5.69 Å². The van der Waals surface area contributed by atoms with Crippen molar-refractivity contribution in [2.24, 2.45) is 0 Å². The summed E-state index contributed by atoms with van der Waals surface area (Å²) in [4.78, 5) is 28.4. The minimum absolute atomic E-state index is 0.00911. The molecule has 1 N–H and O–H groups in total. The average Bonchev–Trinajstić information content (AvgIpc) is 2.89. The lowest BCUT2D eigenvalue weighted by Crippen LogP contribution is -2.52. The first kappa shape index (κ1) is 30.5. The lowest BCUT2D eigenvalue weighted by molar-refractivity contribution is -0.139. The van der Waals surface area contributed by atoms with Crippen molar-refractivity contribution in [1.29, 1.82) is 0 Å². The zero-order chi connectivity index (χ0) is 28.7. The number of aryl methyl sites for hydroxylation is 1. The van der Waals surface area contributed by atoms with Gasteiger partial charge in [0.05, 0.1) is 10.6 Å². The molecule has 0 heterocycles. The predicted molar refractivity (Wildman–Crippen MR) is 157 cm³/mol. The number of hydrogen-bond acceptors (Lipinski definition) is 4. The summed E-state index contributed by atoms with van der Waals surface area (Å²) in [5.74, 6) is -0.872. The number of hydrogen-bond donors (Lipinski definition) is 1. The van der Waals surface area contributed by atoms with Gasteiger partial charge in [-0.25, -0.2) is 8.42 Å². The number of nitrogens with zero attached hydrogens (tertiary/aromatic N) is 2. The lowest BCUT2D eigenvalue weighted by Gasteiger charge is -2.32. The van der Waals surface area contributed by atoms with E-state index in [0.29, 0.717) is 21.3 Å². The normalized spacial score (nSPS) is 12.9. The molecule has 2 atom stereocenters. The second-order valence-corrected chi connectivity index (χ2v) is 12.2. The van der Waals surface area contributed by atoms with Gasteiger partial charge in [-0.3, -0.25) is 13.9 Å². The van der Waals surface area contributed by atoms with Crippen LogP contribution in [0.25, 0.3) is 0 Å². The summed E-state index contributed by atoms with van der Waals surface area (Å²) >= 11 is 12.2. The highest BCUT2D eigenvalue weighted by Gasteiger charge is 2.32. The number of halogens is 2. The van der Waals surface area contributed by atoms with E-state index in [4.69, 9.17) is 23.2 Å². The molecule has 208 valence electrons. The topological polar surface area (TPSA) is 86.8 Å². The summed E-state index contributed by atoms with van der Waals surface area (Å²) in [6.45, 7) is 6.85. The van der Waals surface area contributed by atoms with Crippen LogP contribution in [0.1, 0.15) is 38.3 Å². The highest BCUT2D eigenvalue weighted by molar-refractivity contribution is 7.92. The minimum Gasteiger partial charge on any atom is -0.352 e. The number of sulfonamides is 1. The third-order valence-electron chi connectivity index (χ3n) is 6.38. The molecule has 0 fully saturated rings. The highest BCUT2D eigenvalue weighted by Crippen LogP contribution is 2.26. The van der Waals surface area contributed by atoms with E-state index in [1.54, 1.807) is 49.4 Å². The number of amides is 2. The third kappa shape index (κ3) is 7.97. The molecule has 10 heteroatoms. The first-order valence-corrected chi connectivity index (χ1v) is 14.8. The molecule has 0 aliphatic rings. The van der Waals surface area contributed by atoms with Crippen molar-refractivity contribution in [2.45, 2.75) is 57.6 Å². The molecule has 3 rings (SSSR count). The molecule has 0 saturated carbocycles. The summed E-state index contributed by atoms with van der Waals surface area (Å²) in [7, 11) is -4.16. The molecule has 0 bridgehead atoms. The van der Waals surface area contributed by atoms with Gasteiger partial charge >= 0.3 is 0 Å². The van der Waals surface area contributed by atoms with Gasteiger partial charge < -0.3 is 10.2 Å². The fourth-order valence-corrected chi connectivity index (χ4v) is 5.67. The van der Waals surface area contributed by atoms with Crippen LogP contribution >= 0.6 is 23.2 Å². The van der Waals surface area contributed by atoms with Crippen LogP contribution in [0.3, 0.4) is 0 Å². The zero-order valence-electron chi connectivity index (χ0n) is 22.4. The van der Waals surface area contributed by atoms with Crippen molar-refractivity contribution >= 4 is 50.7 Å². The second-order valence-electron chi connectivity index (χ2n) is 9.45. The number of carbonyl (C=O) groups is 2. The zero-order valence-corrected chi connectivity index (χ0v) is 24.7. The van der Waals surface area contributed by atoms with Gasteiger partial charge in [-0.15, -0.1) is 0 Å². The molecule has 2 unspecified atom stereocenters. The smallest absolute Gasteiger partial charge is 0.264 e. The van der Waals surface area contributed by atoms with E-state index in [-0.39, 0.29) is 23.4 Å². The number of benzene rings is 3. The van der Waals surface area contributed by atoms with Gasteiger partial charge in [0, 0.05) is 22.6 Å². The van der Waals surface area contributed by atoms with Crippen LogP contribution < -0.4 is 9.62 Å². The van der Waals surface area contributed by atoms with Crippen molar-refractivity contribution < 1.29 is 18.0 Å². The first-order chi connectivity index (χ1) is 18.4. The molecular formula is C29H33Cl2N3O4S. The molecule has 39 heavy (non-hydrogen) atoms. The van der Waals surface area contributed by atoms with Crippen LogP contribution in [0.5, 0.6) is 0 Å². The quantitative estimate of drug-likeness (QED) is 0.305. The molecular weight excluding hydrogens is 557 g/mol. The Labute approximate surface area is 240 Å². The van der Waals surface area contributed by atoms with Crippen molar-refractivity contribution in [3.63, 3.8) is 0 Å². The van der Waals surface area contributed by atoms with Crippen molar-refractivity contribution in [3.8, 4) is 0 Å². The van der Waals surface area contributed by atoms with Crippen molar-refractivity contribution in [2.75, 3.05) is 10.8 Å². The Morgan fingerprint density at radius 2 is 1.59 bits per heavy atom. The summed E-state index contributed by atoms with van der Waals surface area (Å²) in [5, 5.41) is 3.79. The molecule has 0 aliphatic heterocycles. The van der Waals surface area contributed by atoms with E-state index in [1.807, 2.05) is 26.8 Å². The molecule has 2 amide bonds. The second kappa shape index (κ2) is 13.3. The summed E-state index contributed by atoms with van der Waals surface area (Å²) in [6.07, 6.45) is 0.723. The van der Waals surface area contributed by atoms with Crippen molar-refractivity contribution in [3.05, 3.63) is 94.0 Å². The Hall–Kier alpha value is -3.07. The molecule has 0 aromatic heterocycles. The van der Waals surface area contributed by atoms with Crippen LogP contribution in [0.15, 0.2) is 77.7 Å². The van der Waals surface area contributed by atoms with Crippen molar-refractivity contribution in [1.82, 2.24) is 10.2 Å². The first-order valence-electron chi connectivity index (χ1n) is 12.6. The SMILES string of the molecule is CCC(C)NC(=O)C(C)N(Cc1cccc(Cl)c1)C(=O)CN(c1cccc(C)c1)S(=O)(=O)c1ccc(Cl)cc1. The number of anilines is 1. The maximum Gasteiger partial charge on any atom is 0.264 e. The third-order valence-corrected chi connectivity index (χ3v) is 8.66. The van der Waals surface area contributed by atoms with E-state index in [1.165, 1.54) is 29.2 Å². The Bertz CT molecular complexity index is 1410. The van der Waals surface area contributed by atoms with E-state index in [0.717, 1.165) is 16.3 Å². The Morgan fingerprint density at radius 1 is 0.923 bits per heavy atom. The monoisotopic (exact) mass is 589 g/mol. The Morgan fingerprint density at radius 3 is 2.21 bits per heavy atom. The maximum atomic E-state index is 13.9. The molecule has 0 saturated heterocycles. The fourth-order valence-electron chi connectivity index (χ4n) is 3.93. The van der Waals surface area contributed by atoms with Gasteiger partial charge in [-0.1, -0.05) is 54.4 Å². The van der Waals surface area contributed by atoms with Gasteiger partial charge in [0.2, 0.25) is 11.8 Å². The molecule has 0 aliphatic carbocycles. The minimum atomic E-state index is -4.16. The molecule has 3 aromatic carbocycles. The standard InChI is InChI=1S/C29H33Cl2N3O4S/c1-5-21(3)32-29(36)22(4)33(18-23-9-7-10-25(31)17-23)28(35)19-34(26-11-6-8-20(2)16-26)39(37,38)27-14-12-24(30)13-15-27/h6-17,21-22H,5,18-19H2,1-4H3,(H,32,36). The van der Waals surface area contributed by atoms with Gasteiger partial charge in [0.15, 0.2) is 0 Å². The van der Waals surface area contributed by atoms with Crippen LogP contribution in [0, 0.1) is 6.92 Å². The van der Waals surface area contributed by atoms with Crippen LogP contribution in [-0.4, -0.2) is 43.8 Å². The van der Waals surface area contributed by atoms with Crippen LogP contribution in [0.2, 0.25) is 10.0 Å². The molecule has 3 aromatic rings. The predicted octanol–water partition coefficient (Wildman–Crippen LogP) is 5.83. The Kier molecular flexibility index (Phi) is 10.4. The summed E-state index contributed by atoms with van der Waals surface area (Å²) < 4.78 is 28.7. The summed E-state index contributed by atoms with van der Waals surface area (Å²) in [5.41, 5.74) is 1.87. The van der Waals surface area contributed by atoms with Gasteiger partial charge in [0.25, 0.3) is 10.0 Å². The fraction of sp³-hybridized carbons (Fsp3) is 0.310. The molecule has 7 nitrogen and oxygen atoms in total. The molecule has 0 spiro atoms. The summed E-state index contributed by atoms with van der Waals surface area (Å²) in [6, 6.07) is 18.7. The van der Waals surface area contributed by atoms with Gasteiger partial charge in [0.1, 0.15) is 12.6 Å². The number of carbonyl (C=O) groups excluding carboxylic acids is 2. The number of nitrogens with one attached hydrogen (secondary N) is 1. The Balaban J connectivity index is 2.03. The highest BCUT2D eigenvalue weighted by atomic mass is 35.5.